The van der Waals surface area contributed by atoms with Gasteiger partial charge in [-0.15, -0.1) is 0 Å². The third-order valence-corrected chi connectivity index (χ3v) is 7.02. The molecule has 0 bridgehead atoms. The minimum absolute atomic E-state index is 0.124. The van der Waals surface area contributed by atoms with Crippen molar-refractivity contribution in [1.29, 1.82) is 0 Å². The molecular weight excluding hydrogens is 492 g/mol. The van der Waals surface area contributed by atoms with Crippen molar-refractivity contribution in [2.45, 2.75) is 32.2 Å². The molecule has 1 atom stereocenters. The van der Waals surface area contributed by atoms with Gasteiger partial charge in [-0.05, 0) is 36.1 Å². The first-order valence-corrected chi connectivity index (χ1v) is 12.8. The fourth-order valence-corrected chi connectivity index (χ4v) is 5.29. The number of pyridine rings is 1. The molecule has 194 valence electrons. The summed E-state index contributed by atoms with van der Waals surface area (Å²) in [5.41, 5.74) is 3.45. The minimum Gasteiger partial charge on any atom is -0.497 e. The molecule has 1 amide bonds. The second-order valence-electron chi connectivity index (χ2n) is 8.31. The van der Waals surface area contributed by atoms with Gasteiger partial charge in [0.15, 0.2) is 5.17 Å². The summed E-state index contributed by atoms with van der Waals surface area (Å²) in [4.78, 5) is 37.0. The monoisotopic (exact) mass is 522 g/mol. The molecule has 0 saturated heterocycles. The first-order valence-electron chi connectivity index (χ1n) is 11.9. The summed E-state index contributed by atoms with van der Waals surface area (Å²) in [7, 11) is 4.51. The van der Waals surface area contributed by atoms with E-state index in [2.05, 4.69) is 10.3 Å². The van der Waals surface area contributed by atoms with E-state index < -0.39 is 12.0 Å². The maximum absolute atomic E-state index is 13.1. The molecule has 0 saturated carbocycles. The van der Waals surface area contributed by atoms with E-state index in [1.54, 1.807) is 26.5 Å². The van der Waals surface area contributed by atoms with Gasteiger partial charge in [0, 0.05) is 42.2 Å². The number of hydrogen-bond donors (Lipinski definition) is 1. The van der Waals surface area contributed by atoms with Gasteiger partial charge in [-0.2, -0.15) is 0 Å². The predicted molar refractivity (Wildman–Crippen MR) is 142 cm³/mol. The molecular formula is C27H30N4O5S. The Morgan fingerprint density at radius 3 is 2.65 bits per heavy atom. The Labute approximate surface area is 220 Å². The molecule has 9 nitrogen and oxygen atoms in total. The first kappa shape index (κ1) is 26.3. The highest BCUT2D eigenvalue weighted by Gasteiger charge is 2.42. The smallest absolute Gasteiger partial charge is 0.338 e. The summed E-state index contributed by atoms with van der Waals surface area (Å²) in [5, 5.41) is 5.58. The molecule has 0 radical (unpaired) electrons. The lowest BCUT2D eigenvalue weighted by molar-refractivity contribution is -0.136. The number of ether oxygens (including phenoxy) is 3. The fourth-order valence-electron chi connectivity index (χ4n) is 4.35. The Morgan fingerprint density at radius 1 is 1.14 bits per heavy atom. The molecule has 2 aromatic rings. The average molecular weight is 523 g/mol. The van der Waals surface area contributed by atoms with E-state index in [1.165, 1.54) is 18.9 Å². The van der Waals surface area contributed by atoms with Crippen molar-refractivity contribution in [3.63, 3.8) is 0 Å². The highest BCUT2D eigenvalue weighted by atomic mass is 32.2. The van der Waals surface area contributed by atoms with Gasteiger partial charge >= 0.3 is 5.97 Å². The Balaban J connectivity index is 1.64. The Kier molecular flexibility index (Phi) is 8.50. The van der Waals surface area contributed by atoms with E-state index in [0.717, 1.165) is 17.0 Å². The average Bonchev–Trinajstić information content (AvgIpc) is 3.33. The number of fused-ring (bicyclic) bond motifs is 1. The lowest BCUT2D eigenvalue weighted by atomic mass is 9.92. The number of carbonyl (C=O) groups excluding carboxylic acids is 2. The van der Waals surface area contributed by atoms with E-state index in [-0.39, 0.29) is 12.3 Å². The van der Waals surface area contributed by atoms with Crippen LogP contribution in [0.15, 0.2) is 70.0 Å². The topological polar surface area (TPSA) is 102 Å². The Bertz CT molecular complexity index is 1260. The molecule has 2 aliphatic rings. The highest BCUT2D eigenvalue weighted by molar-refractivity contribution is 8.16. The zero-order valence-corrected chi connectivity index (χ0v) is 22.1. The van der Waals surface area contributed by atoms with E-state index in [9.17, 15) is 9.59 Å². The van der Waals surface area contributed by atoms with Crippen LogP contribution in [0.25, 0.3) is 0 Å². The molecule has 1 N–H and O–H groups in total. The molecule has 1 aromatic carbocycles. The van der Waals surface area contributed by atoms with Crippen molar-refractivity contribution < 1.29 is 23.8 Å². The van der Waals surface area contributed by atoms with Crippen molar-refractivity contribution in [2.75, 3.05) is 27.9 Å². The van der Waals surface area contributed by atoms with Crippen molar-refractivity contribution in [2.24, 2.45) is 4.99 Å². The third-order valence-electron chi connectivity index (χ3n) is 6.14. The number of benzene rings is 1. The van der Waals surface area contributed by atoms with Crippen LogP contribution in [0.4, 0.5) is 0 Å². The van der Waals surface area contributed by atoms with Gasteiger partial charge in [-0.25, -0.2) is 9.79 Å². The van der Waals surface area contributed by atoms with Crippen molar-refractivity contribution >= 4 is 28.8 Å². The number of aliphatic imine (C=N–C) groups is 1. The number of nitrogens with zero attached hydrogens (tertiary/aromatic N) is 3. The summed E-state index contributed by atoms with van der Waals surface area (Å²) in [6.07, 6.45) is 3.04. The number of thioether (sulfide) groups is 1. The number of amides is 1. The number of methoxy groups -OCH3 is 3. The van der Waals surface area contributed by atoms with Crippen LogP contribution in [-0.4, -0.2) is 54.8 Å². The number of rotatable bonds is 10. The van der Waals surface area contributed by atoms with Crippen LogP contribution in [0.5, 0.6) is 11.5 Å². The number of aromatic nitrogens is 1. The summed E-state index contributed by atoms with van der Waals surface area (Å²) in [6, 6.07) is 10.6. The van der Waals surface area contributed by atoms with Gasteiger partial charge in [-0.3, -0.25) is 9.78 Å². The molecule has 37 heavy (non-hydrogen) atoms. The maximum atomic E-state index is 13.1. The van der Waals surface area contributed by atoms with Gasteiger partial charge in [-0.1, -0.05) is 24.8 Å². The van der Waals surface area contributed by atoms with E-state index in [0.29, 0.717) is 47.3 Å². The number of amidine groups is 1. The van der Waals surface area contributed by atoms with Gasteiger partial charge in [0.05, 0.1) is 45.1 Å². The number of carbonyl (C=O) groups is 2. The van der Waals surface area contributed by atoms with Crippen LogP contribution in [0.3, 0.4) is 0 Å². The van der Waals surface area contributed by atoms with E-state index in [1.807, 2.05) is 47.6 Å². The minimum atomic E-state index is -0.585. The molecule has 0 fully saturated rings. The number of nitrogens with one attached hydrogen (secondary N) is 1. The molecule has 2 aliphatic heterocycles. The second-order valence-corrected chi connectivity index (χ2v) is 9.14. The van der Waals surface area contributed by atoms with Crippen LogP contribution in [0, 0.1) is 0 Å². The van der Waals surface area contributed by atoms with Crippen molar-refractivity contribution in [1.82, 2.24) is 15.2 Å². The Hall–Kier alpha value is -3.79. The lowest BCUT2D eigenvalue weighted by Crippen LogP contribution is -2.38. The first-order chi connectivity index (χ1) is 18.0. The van der Waals surface area contributed by atoms with Crippen LogP contribution in [0.1, 0.15) is 37.1 Å². The van der Waals surface area contributed by atoms with Crippen molar-refractivity contribution in [3.8, 4) is 11.5 Å². The summed E-state index contributed by atoms with van der Waals surface area (Å²) in [6.45, 7) is 2.42. The van der Waals surface area contributed by atoms with Crippen LogP contribution in [-0.2, 0) is 20.7 Å². The molecule has 4 rings (SSSR count). The van der Waals surface area contributed by atoms with Gasteiger partial charge < -0.3 is 24.4 Å². The number of allylic oxidation sites excluding steroid dienone is 1. The zero-order valence-electron chi connectivity index (χ0n) is 21.3. The summed E-state index contributed by atoms with van der Waals surface area (Å²) < 4.78 is 16.3. The number of esters is 1. The third kappa shape index (κ3) is 5.64. The van der Waals surface area contributed by atoms with Crippen LogP contribution < -0.4 is 14.8 Å². The summed E-state index contributed by atoms with van der Waals surface area (Å²) in [5.74, 6) is 0.579. The molecule has 3 heterocycles. The standard InChI is InChI=1S/C27H30N4O5S/c1-5-21-24(26(33)36-4)25(20-10-9-19(34-2)15-22(20)35-3)31-18(16-37-27(31)30-21)14-23(32)29-13-11-17-8-6-7-12-28-17/h6-10,12,15-16,25H,5,11,13-14H2,1-4H3,(H,29,32)/t25-/m0/s1. The maximum Gasteiger partial charge on any atom is 0.338 e. The predicted octanol–water partition coefficient (Wildman–Crippen LogP) is 3.99. The Morgan fingerprint density at radius 2 is 1.97 bits per heavy atom. The van der Waals surface area contributed by atoms with Crippen LogP contribution in [0.2, 0.25) is 0 Å². The lowest BCUT2D eigenvalue weighted by Gasteiger charge is -2.37. The van der Waals surface area contributed by atoms with Gasteiger partial charge in [0.25, 0.3) is 0 Å². The van der Waals surface area contributed by atoms with E-state index in [4.69, 9.17) is 19.2 Å². The highest BCUT2D eigenvalue weighted by Crippen LogP contribution is 2.48. The van der Waals surface area contributed by atoms with E-state index >= 15 is 0 Å². The molecule has 10 heteroatoms. The zero-order chi connectivity index (χ0) is 26.4. The van der Waals surface area contributed by atoms with Crippen molar-refractivity contribution in [3.05, 3.63) is 76.2 Å². The normalized spacial score (nSPS) is 16.5. The molecule has 0 unspecified atom stereocenters. The SMILES string of the molecule is CCC1=C(C(=O)OC)[C@H](c2ccc(OC)cc2OC)N2C(CC(=O)NCCc3ccccn3)=CSC2=N1. The molecule has 0 aliphatic carbocycles. The van der Waals surface area contributed by atoms with Crippen LogP contribution >= 0.6 is 11.8 Å². The van der Waals surface area contributed by atoms with Gasteiger partial charge in [0.2, 0.25) is 5.91 Å². The molecule has 1 aromatic heterocycles. The fraction of sp³-hybridized carbons (Fsp3) is 0.333. The summed E-state index contributed by atoms with van der Waals surface area (Å²) >= 11 is 1.43. The van der Waals surface area contributed by atoms with Gasteiger partial charge in [0.1, 0.15) is 11.5 Å². The second kappa shape index (κ2) is 12.0. The quantitative estimate of drug-likeness (QED) is 0.468. The number of hydrogen-bond acceptors (Lipinski definition) is 9. The molecule has 0 spiro atoms. The largest absolute Gasteiger partial charge is 0.497 e.